The number of nitro benzene ring substituents is 1. The van der Waals surface area contributed by atoms with Gasteiger partial charge in [-0.3, -0.25) is 24.5 Å². The molecule has 148 valence electrons. The summed E-state index contributed by atoms with van der Waals surface area (Å²) in [4.78, 5) is 45.8. The number of nitrogens with zero attached hydrogens (tertiary/aromatic N) is 2. The van der Waals surface area contributed by atoms with Crippen LogP contribution in [0.3, 0.4) is 0 Å². The zero-order chi connectivity index (χ0) is 21.4. The lowest BCUT2D eigenvalue weighted by Crippen LogP contribution is -2.32. The molecule has 0 unspecified atom stereocenters. The minimum Gasteiger partial charge on any atom is -0.454 e. The van der Waals surface area contributed by atoms with Crippen LogP contribution in [0.15, 0.2) is 42.5 Å². The van der Waals surface area contributed by atoms with Crippen molar-refractivity contribution in [1.82, 2.24) is 5.32 Å². The molecule has 0 bridgehead atoms. The molecule has 2 aromatic rings. The van der Waals surface area contributed by atoms with E-state index in [1.165, 1.54) is 37.3 Å². The number of nitriles is 1. The lowest BCUT2D eigenvalue weighted by molar-refractivity contribution is -0.385. The summed E-state index contributed by atoms with van der Waals surface area (Å²) in [5.74, 6) is -2.11. The maximum atomic E-state index is 12.0. The number of para-hydroxylation sites is 1. The van der Waals surface area contributed by atoms with Gasteiger partial charge in [0.2, 0.25) is 0 Å². The maximum Gasteiger partial charge on any atom is 0.325 e. The van der Waals surface area contributed by atoms with E-state index in [2.05, 4.69) is 10.6 Å². The summed E-state index contributed by atoms with van der Waals surface area (Å²) < 4.78 is 4.77. The number of amides is 2. The Morgan fingerprint density at radius 3 is 2.59 bits per heavy atom. The van der Waals surface area contributed by atoms with Crippen molar-refractivity contribution >= 4 is 29.2 Å². The van der Waals surface area contributed by atoms with E-state index >= 15 is 0 Å². The van der Waals surface area contributed by atoms with Gasteiger partial charge in [-0.2, -0.15) is 5.26 Å². The molecule has 0 aliphatic heterocycles. The van der Waals surface area contributed by atoms with E-state index in [0.717, 1.165) is 0 Å². The smallest absolute Gasteiger partial charge is 0.325 e. The second-order valence-corrected chi connectivity index (χ2v) is 5.81. The second kappa shape index (κ2) is 9.61. The largest absolute Gasteiger partial charge is 0.454 e. The van der Waals surface area contributed by atoms with Crippen molar-refractivity contribution in [1.29, 1.82) is 5.26 Å². The van der Waals surface area contributed by atoms with Crippen LogP contribution in [-0.2, 0) is 14.3 Å². The van der Waals surface area contributed by atoms with Crippen LogP contribution in [0.2, 0.25) is 0 Å². The van der Waals surface area contributed by atoms with Crippen molar-refractivity contribution in [2.75, 3.05) is 18.5 Å². The molecular weight excluding hydrogens is 380 g/mol. The van der Waals surface area contributed by atoms with E-state index in [0.29, 0.717) is 5.56 Å². The predicted molar refractivity (Wildman–Crippen MR) is 101 cm³/mol. The van der Waals surface area contributed by atoms with Crippen molar-refractivity contribution in [3.63, 3.8) is 0 Å². The monoisotopic (exact) mass is 396 g/mol. The first-order valence-corrected chi connectivity index (χ1v) is 8.29. The van der Waals surface area contributed by atoms with Crippen LogP contribution in [0.25, 0.3) is 0 Å². The molecule has 2 aromatic carbocycles. The fraction of sp³-hybridized carbons (Fsp3) is 0.158. The highest BCUT2D eigenvalue weighted by Crippen LogP contribution is 2.18. The maximum absolute atomic E-state index is 12.0. The molecule has 0 heterocycles. The molecule has 0 saturated carbocycles. The predicted octanol–water partition coefficient (Wildman–Crippen LogP) is 1.69. The fourth-order valence-corrected chi connectivity index (χ4v) is 2.33. The molecule has 10 heteroatoms. The summed E-state index contributed by atoms with van der Waals surface area (Å²) in [6, 6.07) is 12.1. The van der Waals surface area contributed by atoms with Gasteiger partial charge in [-0.1, -0.05) is 12.1 Å². The fourth-order valence-electron chi connectivity index (χ4n) is 2.33. The van der Waals surface area contributed by atoms with Gasteiger partial charge >= 0.3 is 5.97 Å². The van der Waals surface area contributed by atoms with Crippen LogP contribution in [0.4, 0.5) is 11.4 Å². The number of hydrogen-bond donors (Lipinski definition) is 2. The number of ether oxygens (including phenoxy) is 1. The molecule has 0 aromatic heterocycles. The third-order valence-electron chi connectivity index (χ3n) is 3.73. The number of nitrogens with one attached hydrogen (secondary N) is 2. The van der Waals surface area contributed by atoms with Crippen LogP contribution in [0, 0.1) is 28.4 Å². The molecule has 0 atom stereocenters. The molecule has 0 spiro atoms. The van der Waals surface area contributed by atoms with Crippen LogP contribution in [0.5, 0.6) is 0 Å². The average Bonchev–Trinajstić information content (AvgIpc) is 2.70. The number of hydrogen-bond acceptors (Lipinski definition) is 7. The standard InChI is InChI=1S/C19H16N4O6/c1-12-8-13(6-7-16(12)23(27)28)19(26)21-10-18(25)29-11-17(24)22-15-5-3-2-4-14(15)9-20/h2-8H,10-11H2,1H3,(H,21,26)(H,22,24). The van der Waals surface area contributed by atoms with Crippen LogP contribution < -0.4 is 10.6 Å². The number of esters is 1. The van der Waals surface area contributed by atoms with Crippen molar-refractivity contribution < 1.29 is 24.0 Å². The summed E-state index contributed by atoms with van der Waals surface area (Å²) in [7, 11) is 0. The highest BCUT2D eigenvalue weighted by molar-refractivity contribution is 5.97. The van der Waals surface area contributed by atoms with Gasteiger partial charge in [-0.15, -0.1) is 0 Å². The molecular formula is C19H16N4O6. The molecule has 10 nitrogen and oxygen atoms in total. The van der Waals surface area contributed by atoms with E-state index in [1.54, 1.807) is 12.1 Å². The highest BCUT2D eigenvalue weighted by Gasteiger charge is 2.15. The molecule has 0 aliphatic rings. The normalized spacial score (nSPS) is 9.79. The van der Waals surface area contributed by atoms with Crippen molar-refractivity contribution in [3.05, 3.63) is 69.3 Å². The average molecular weight is 396 g/mol. The summed E-state index contributed by atoms with van der Waals surface area (Å²) in [5, 5.41) is 24.5. The van der Waals surface area contributed by atoms with Crippen molar-refractivity contribution in [3.8, 4) is 6.07 Å². The summed E-state index contributed by atoms with van der Waals surface area (Å²) in [6.45, 7) is 0.411. The van der Waals surface area contributed by atoms with E-state index in [9.17, 15) is 24.5 Å². The van der Waals surface area contributed by atoms with Crippen LogP contribution in [0.1, 0.15) is 21.5 Å². The Labute approximate surface area is 165 Å². The zero-order valence-corrected chi connectivity index (χ0v) is 15.3. The number of benzene rings is 2. The first kappa shape index (κ1) is 21.0. The first-order chi connectivity index (χ1) is 13.8. The number of aryl methyl sites for hydroxylation is 1. The summed E-state index contributed by atoms with van der Waals surface area (Å²) in [5.41, 5.74) is 0.881. The molecule has 2 rings (SSSR count). The molecule has 0 radical (unpaired) electrons. The number of carbonyl (C=O) groups excluding carboxylic acids is 3. The van der Waals surface area contributed by atoms with E-state index < -0.39 is 35.9 Å². The van der Waals surface area contributed by atoms with Gasteiger partial charge in [0.25, 0.3) is 17.5 Å². The lowest BCUT2D eigenvalue weighted by atomic mass is 10.1. The van der Waals surface area contributed by atoms with Gasteiger partial charge in [0.05, 0.1) is 16.2 Å². The van der Waals surface area contributed by atoms with Gasteiger partial charge in [0.1, 0.15) is 12.6 Å². The third kappa shape index (κ3) is 5.86. The quantitative estimate of drug-likeness (QED) is 0.410. The number of nitro groups is 1. The Morgan fingerprint density at radius 1 is 1.21 bits per heavy atom. The molecule has 0 aliphatic carbocycles. The van der Waals surface area contributed by atoms with Crippen LogP contribution in [-0.4, -0.2) is 35.9 Å². The number of anilines is 1. The van der Waals surface area contributed by atoms with Crippen molar-refractivity contribution in [2.24, 2.45) is 0 Å². The van der Waals surface area contributed by atoms with Crippen molar-refractivity contribution in [2.45, 2.75) is 6.92 Å². The third-order valence-corrected chi connectivity index (χ3v) is 3.73. The van der Waals surface area contributed by atoms with E-state index in [-0.39, 0.29) is 22.5 Å². The summed E-state index contributed by atoms with van der Waals surface area (Å²) in [6.07, 6.45) is 0. The molecule has 0 fully saturated rings. The topological polar surface area (TPSA) is 151 Å². The van der Waals surface area contributed by atoms with E-state index in [4.69, 9.17) is 10.00 Å². The Kier molecular flexibility index (Phi) is 6.97. The minimum atomic E-state index is -0.847. The minimum absolute atomic E-state index is 0.120. The molecule has 2 amide bonds. The van der Waals surface area contributed by atoms with Gasteiger partial charge in [-0.05, 0) is 31.2 Å². The second-order valence-electron chi connectivity index (χ2n) is 5.81. The zero-order valence-electron chi connectivity index (χ0n) is 15.3. The first-order valence-electron chi connectivity index (χ1n) is 8.29. The van der Waals surface area contributed by atoms with Crippen LogP contribution >= 0.6 is 0 Å². The van der Waals surface area contributed by atoms with Gasteiger partial charge < -0.3 is 15.4 Å². The Bertz CT molecular complexity index is 1010. The van der Waals surface area contributed by atoms with Gasteiger partial charge in [-0.25, -0.2) is 0 Å². The van der Waals surface area contributed by atoms with E-state index in [1.807, 2.05) is 6.07 Å². The summed E-state index contributed by atoms with van der Waals surface area (Å²) >= 11 is 0. The SMILES string of the molecule is Cc1cc(C(=O)NCC(=O)OCC(=O)Nc2ccccc2C#N)ccc1[N+](=O)[O-]. The number of rotatable bonds is 7. The van der Waals surface area contributed by atoms with Gasteiger partial charge in [0.15, 0.2) is 6.61 Å². The molecule has 0 saturated heterocycles. The molecule has 29 heavy (non-hydrogen) atoms. The lowest BCUT2D eigenvalue weighted by Gasteiger charge is -2.09. The Hall–Kier alpha value is -4.26. The Morgan fingerprint density at radius 2 is 1.93 bits per heavy atom. The van der Waals surface area contributed by atoms with Gasteiger partial charge in [0, 0.05) is 17.2 Å². The molecule has 2 N–H and O–H groups in total. The Balaban J connectivity index is 1.81. The number of carbonyl (C=O) groups is 3. The highest BCUT2D eigenvalue weighted by atomic mass is 16.6.